The summed E-state index contributed by atoms with van der Waals surface area (Å²) < 4.78 is 1.09. The maximum absolute atomic E-state index is 6.12. The first kappa shape index (κ1) is 24.0. The van der Waals surface area contributed by atoms with Crippen molar-refractivity contribution in [2.75, 3.05) is 23.3 Å². The van der Waals surface area contributed by atoms with Gasteiger partial charge in [-0.15, -0.1) is 0 Å². The minimum Gasteiger partial charge on any atom is -0.367 e. The highest BCUT2D eigenvalue weighted by atomic mass is 79.9. The summed E-state index contributed by atoms with van der Waals surface area (Å²) >= 11 is 9.76. The van der Waals surface area contributed by atoms with Crippen LogP contribution >= 0.6 is 27.5 Å². The molecule has 1 aliphatic rings. The van der Waals surface area contributed by atoms with Gasteiger partial charge in [0.05, 0.1) is 0 Å². The number of aromatic nitrogens is 2. The van der Waals surface area contributed by atoms with Crippen LogP contribution in [0.3, 0.4) is 0 Å². The molecule has 6 heteroatoms. The third-order valence-corrected chi connectivity index (χ3v) is 7.22. The first-order chi connectivity index (χ1) is 15.9. The molecule has 0 aliphatic carbocycles. The zero-order valence-corrected chi connectivity index (χ0v) is 21.9. The summed E-state index contributed by atoms with van der Waals surface area (Å²) in [5.74, 6) is 3.50. The Kier molecular flexibility index (Phi) is 7.92. The van der Waals surface area contributed by atoms with Crippen LogP contribution in [0.5, 0.6) is 0 Å². The normalized spacial score (nSPS) is 20.3. The van der Waals surface area contributed by atoms with Crippen LogP contribution in [0.2, 0.25) is 5.02 Å². The number of rotatable bonds is 7. The Bertz CT molecular complexity index is 1050. The lowest BCUT2D eigenvalue weighted by atomic mass is 9.86. The Morgan fingerprint density at radius 2 is 1.79 bits per heavy atom. The van der Waals surface area contributed by atoms with Crippen molar-refractivity contribution in [3.05, 3.63) is 81.5 Å². The van der Waals surface area contributed by atoms with Gasteiger partial charge in [-0.1, -0.05) is 65.6 Å². The number of benzene rings is 2. The zero-order valence-electron chi connectivity index (χ0n) is 19.5. The fourth-order valence-electron chi connectivity index (χ4n) is 4.98. The lowest BCUT2D eigenvalue weighted by Crippen LogP contribution is -2.39. The van der Waals surface area contributed by atoms with Gasteiger partial charge >= 0.3 is 0 Å². The van der Waals surface area contributed by atoms with Crippen LogP contribution in [-0.2, 0) is 6.42 Å². The molecule has 3 aromatic rings. The Labute approximate surface area is 210 Å². The predicted octanol–water partition coefficient (Wildman–Crippen LogP) is 7.20. The molecule has 0 amide bonds. The van der Waals surface area contributed by atoms with Gasteiger partial charge in [0.2, 0.25) is 0 Å². The van der Waals surface area contributed by atoms with Crippen LogP contribution in [0.4, 0.5) is 11.6 Å². The van der Waals surface area contributed by atoms with E-state index in [9.17, 15) is 0 Å². The van der Waals surface area contributed by atoms with E-state index >= 15 is 0 Å². The largest absolute Gasteiger partial charge is 0.367 e. The average molecular weight is 528 g/mol. The quantitative estimate of drug-likeness (QED) is 0.353. The Balaban J connectivity index is 1.55. The van der Waals surface area contributed by atoms with Crippen molar-refractivity contribution in [1.82, 2.24) is 9.97 Å². The molecule has 1 fully saturated rings. The molecule has 0 spiro atoms. The minimum absolute atomic E-state index is 0.164. The Hall–Kier alpha value is -2.11. The summed E-state index contributed by atoms with van der Waals surface area (Å²) in [6.07, 6.45) is 3.87. The van der Waals surface area contributed by atoms with E-state index in [1.54, 1.807) is 6.33 Å². The molecule has 4 rings (SSSR count). The highest BCUT2D eigenvalue weighted by Crippen LogP contribution is 2.30. The Morgan fingerprint density at radius 1 is 1.06 bits per heavy atom. The van der Waals surface area contributed by atoms with E-state index in [4.69, 9.17) is 11.6 Å². The molecule has 2 unspecified atom stereocenters. The van der Waals surface area contributed by atoms with Gasteiger partial charge in [-0.3, -0.25) is 0 Å². The van der Waals surface area contributed by atoms with Gasteiger partial charge in [-0.05, 0) is 67.0 Å². The molecule has 4 atom stereocenters. The summed E-state index contributed by atoms with van der Waals surface area (Å²) in [5, 5.41) is 4.44. The third-order valence-electron chi connectivity index (χ3n) is 6.47. The molecule has 1 N–H and O–H groups in total. The molecular weight excluding hydrogens is 496 g/mol. The summed E-state index contributed by atoms with van der Waals surface area (Å²) in [7, 11) is 0. The minimum atomic E-state index is 0.164. The molecule has 33 heavy (non-hydrogen) atoms. The van der Waals surface area contributed by atoms with Crippen molar-refractivity contribution in [3.63, 3.8) is 0 Å². The van der Waals surface area contributed by atoms with Crippen molar-refractivity contribution in [2.24, 2.45) is 11.8 Å². The highest BCUT2D eigenvalue weighted by molar-refractivity contribution is 9.10. The second kappa shape index (κ2) is 10.9. The second-order valence-electron chi connectivity index (χ2n) is 9.54. The number of halogens is 2. The van der Waals surface area contributed by atoms with Crippen molar-refractivity contribution in [1.29, 1.82) is 0 Å². The summed E-state index contributed by atoms with van der Waals surface area (Å²) in [5.41, 5.74) is 2.55. The lowest BCUT2D eigenvalue weighted by Gasteiger charge is -2.36. The average Bonchev–Trinajstić information content (AvgIpc) is 2.78. The standard InChI is InChI=1S/C27H32BrClN4/c1-18-11-19(2)16-33(15-18)27-14-26(30-17-31-27)32-20(3)25(22-5-4-6-23(28)13-22)12-21-7-9-24(29)10-8-21/h4-10,13-14,17-20,25H,11-12,15-16H2,1-3H3,(H,30,31,32)/t18?,19?,20-,25+/m0/s1. The van der Waals surface area contributed by atoms with Gasteiger partial charge < -0.3 is 10.2 Å². The lowest BCUT2D eigenvalue weighted by molar-refractivity contribution is 0.355. The van der Waals surface area contributed by atoms with E-state index in [0.29, 0.717) is 11.8 Å². The molecule has 0 saturated carbocycles. The molecule has 1 aromatic heterocycles. The highest BCUT2D eigenvalue weighted by Gasteiger charge is 2.24. The molecule has 0 radical (unpaired) electrons. The van der Waals surface area contributed by atoms with Crippen LogP contribution in [-0.4, -0.2) is 29.1 Å². The molecule has 2 heterocycles. The maximum Gasteiger partial charge on any atom is 0.134 e. The summed E-state index contributed by atoms with van der Waals surface area (Å²) in [4.78, 5) is 11.5. The van der Waals surface area contributed by atoms with Gasteiger partial charge in [-0.25, -0.2) is 9.97 Å². The molecule has 2 aromatic carbocycles. The third kappa shape index (κ3) is 6.48. The smallest absolute Gasteiger partial charge is 0.134 e. The SMILES string of the molecule is CC1CC(C)CN(c2cc(N[C@@H](C)[C@@H](Cc3ccc(Cl)cc3)c3cccc(Br)c3)ncn2)C1. The molecule has 4 nitrogen and oxygen atoms in total. The molecule has 1 saturated heterocycles. The van der Waals surface area contributed by atoms with E-state index in [-0.39, 0.29) is 12.0 Å². The van der Waals surface area contributed by atoms with E-state index in [1.807, 2.05) is 12.1 Å². The van der Waals surface area contributed by atoms with Gasteiger partial charge in [0.25, 0.3) is 0 Å². The number of nitrogens with zero attached hydrogens (tertiary/aromatic N) is 3. The van der Waals surface area contributed by atoms with Crippen molar-refractivity contribution in [3.8, 4) is 0 Å². The van der Waals surface area contributed by atoms with E-state index < -0.39 is 0 Å². The first-order valence-electron chi connectivity index (χ1n) is 11.7. The van der Waals surface area contributed by atoms with Crippen LogP contribution < -0.4 is 10.2 Å². The van der Waals surface area contributed by atoms with Crippen LogP contribution in [0.1, 0.15) is 44.2 Å². The number of hydrogen-bond acceptors (Lipinski definition) is 4. The molecular formula is C27H32BrClN4. The number of anilines is 2. The molecule has 1 aliphatic heterocycles. The van der Waals surface area contributed by atoms with Gasteiger partial charge in [0.1, 0.15) is 18.0 Å². The van der Waals surface area contributed by atoms with Crippen molar-refractivity contribution < 1.29 is 0 Å². The summed E-state index contributed by atoms with van der Waals surface area (Å²) in [6, 6.07) is 19.0. The van der Waals surface area contributed by atoms with Crippen LogP contribution in [0, 0.1) is 11.8 Å². The topological polar surface area (TPSA) is 41.0 Å². The van der Waals surface area contributed by atoms with E-state index in [2.05, 4.69) is 99.4 Å². The molecule has 174 valence electrons. The molecule has 0 bridgehead atoms. The zero-order chi connectivity index (χ0) is 23.4. The fraction of sp³-hybridized carbons (Fsp3) is 0.407. The fourth-order valence-corrected chi connectivity index (χ4v) is 5.52. The number of piperidine rings is 1. The predicted molar refractivity (Wildman–Crippen MR) is 142 cm³/mol. The number of nitrogens with one attached hydrogen (secondary N) is 1. The maximum atomic E-state index is 6.12. The monoisotopic (exact) mass is 526 g/mol. The second-order valence-corrected chi connectivity index (χ2v) is 10.9. The van der Waals surface area contributed by atoms with Crippen LogP contribution in [0.15, 0.2) is 65.4 Å². The van der Waals surface area contributed by atoms with E-state index in [1.165, 1.54) is 17.5 Å². The van der Waals surface area contributed by atoms with Gasteiger partial charge in [0, 0.05) is 40.6 Å². The van der Waals surface area contributed by atoms with Gasteiger partial charge in [-0.2, -0.15) is 0 Å². The number of hydrogen-bond donors (Lipinski definition) is 1. The van der Waals surface area contributed by atoms with Crippen molar-refractivity contribution in [2.45, 2.75) is 45.6 Å². The van der Waals surface area contributed by atoms with Gasteiger partial charge in [0.15, 0.2) is 0 Å². The first-order valence-corrected chi connectivity index (χ1v) is 12.9. The van der Waals surface area contributed by atoms with E-state index in [0.717, 1.165) is 40.6 Å². The van der Waals surface area contributed by atoms with Crippen molar-refractivity contribution >= 4 is 39.2 Å². The van der Waals surface area contributed by atoms with Crippen LogP contribution in [0.25, 0.3) is 0 Å². The summed E-state index contributed by atoms with van der Waals surface area (Å²) in [6.45, 7) is 8.98. The Morgan fingerprint density at radius 3 is 2.48 bits per heavy atom.